The van der Waals surface area contributed by atoms with Gasteiger partial charge in [-0.05, 0) is 31.0 Å². The lowest BCUT2D eigenvalue weighted by Crippen LogP contribution is -2.45. The van der Waals surface area contributed by atoms with Gasteiger partial charge in [0.15, 0.2) is 0 Å². The number of hydrogen-bond donors (Lipinski definition) is 2. The fraction of sp³-hybridized carbons (Fsp3) is 0.364. The summed E-state index contributed by atoms with van der Waals surface area (Å²) in [7, 11) is 0. The first-order valence-corrected chi connectivity index (χ1v) is 4.99. The zero-order chi connectivity index (χ0) is 11.8. The maximum absolute atomic E-state index is 12.7. The van der Waals surface area contributed by atoms with E-state index in [0.29, 0.717) is 5.65 Å². The minimum atomic E-state index is -2.55. The number of nitrogens with two attached hydrogens (primary N) is 1. The summed E-state index contributed by atoms with van der Waals surface area (Å²) in [6.07, 6.45) is 0.910. The van der Waals surface area contributed by atoms with Crippen molar-refractivity contribution in [2.24, 2.45) is 5.73 Å². The number of nitrogens with zero attached hydrogens (tertiary/aromatic N) is 1. The van der Waals surface area contributed by atoms with Gasteiger partial charge in [-0.1, -0.05) is 0 Å². The smallest absolute Gasteiger partial charge is 0.256 e. The topological polar surface area (TPSA) is 54.7 Å². The molecule has 5 heteroatoms. The Morgan fingerprint density at radius 2 is 2.31 bits per heavy atom. The summed E-state index contributed by atoms with van der Waals surface area (Å²) in [5.41, 5.74) is 5.52. The second-order valence-electron chi connectivity index (χ2n) is 4.20. The molecule has 2 rings (SSSR count). The second kappa shape index (κ2) is 3.83. The van der Waals surface area contributed by atoms with Gasteiger partial charge in [-0.3, -0.25) is 0 Å². The fourth-order valence-corrected chi connectivity index (χ4v) is 1.65. The first kappa shape index (κ1) is 11.0. The predicted octanol–water partition coefficient (Wildman–Crippen LogP) is 2.09. The fourth-order valence-electron chi connectivity index (χ4n) is 1.65. The van der Waals surface area contributed by atoms with Gasteiger partial charge >= 0.3 is 0 Å². The third-order valence-electron chi connectivity index (χ3n) is 2.61. The van der Waals surface area contributed by atoms with Crippen LogP contribution in [0.4, 0.5) is 8.78 Å². The molecule has 86 valence electrons. The summed E-state index contributed by atoms with van der Waals surface area (Å²) in [6, 6.07) is 3.62. The third kappa shape index (κ3) is 1.90. The lowest BCUT2D eigenvalue weighted by molar-refractivity contribution is 0.0641. The molecular weight excluding hydrogens is 212 g/mol. The Hall–Kier alpha value is -1.49. The normalized spacial score (nSPS) is 15.6. The summed E-state index contributed by atoms with van der Waals surface area (Å²) in [6.45, 7) is 1.35. The summed E-state index contributed by atoms with van der Waals surface area (Å²) in [5.74, 6) is 0. The third-order valence-corrected chi connectivity index (χ3v) is 2.61. The van der Waals surface area contributed by atoms with Gasteiger partial charge in [0, 0.05) is 17.8 Å². The zero-order valence-corrected chi connectivity index (χ0v) is 8.87. The molecule has 0 aliphatic rings. The van der Waals surface area contributed by atoms with E-state index < -0.39 is 12.0 Å². The van der Waals surface area contributed by atoms with Crippen molar-refractivity contribution in [1.29, 1.82) is 0 Å². The number of H-pyrrole nitrogens is 1. The predicted molar refractivity (Wildman–Crippen MR) is 58.4 cm³/mol. The van der Waals surface area contributed by atoms with E-state index in [1.165, 1.54) is 6.92 Å². The molecule has 1 unspecified atom stereocenters. The number of pyridine rings is 1. The van der Waals surface area contributed by atoms with E-state index in [1.807, 2.05) is 6.07 Å². The first-order chi connectivity index (χ1) is 7.50. The molecule has 0 saturated heterocycles. The first-order valence-electron chi connectivity index (χ1n) is 4.99. The molecular formula is C11H13F2N3. The number of halogens is 2. The van der Waals surface area contributed by atoms with E-state index in [-0.39, 0.29) is 6.42 Å². The summed E-state index contributed by atoms with van der Waals surface area (Å²) >= 11 is 0. The van der Waals surface area contributed by atoms with Crippen molar-refractivity contribution in [3.63, 3.8) is 0 Å². The molecule has 0 saturated carbocycles. The molecule has 16 heavy (non-hydrogen) atoms. The lowest BCUT2D eigenvalue weighted by atomic mass is 9.94. The maximum Gasteiger partial charge on any atom is 0.256 e. The largest absolute Gasteiger partial charge is 0.346 e. The van der Waals surface area contributed by atoms with Crippen LogP contribution in [0, 0.1) is 0 Å². The molecule has 0 aliphatic heterocycles. The van der Waals surface area contributed by atoms with Crippen molar-refractivity contribution < 1.29 is 8.78 Å². The van der Waals surface area contributed by atoms with Gasteiger partial charge in [-0.15, -0.1) is 0 Å². The second-order valence-corrected chi connectivity index (χ2v) is 4.20. The highest BCUT2D eigenvalue weighted by Gasteiger charge is 2.31. The van der Waals surface area contributed by atoms with Crippen LogP contribution in [-0.2, 0) is 6.42 Å². The van der Waals surface area contributed by atoms with Gasteiger partial charge < -0.3 is 10.7 Å². The number of hydrogen-bond acceptors (Lipinski definition) is 2. The molecule has 0 fully saturated rings. The molecule has 0 radical (unpaired) electrons. The van der Waals surface area contributed by atoms with Crippen LogP contribution in [0.3, 0.4) is 0 Å². The van der Waals surface area contributed by atoms with E-state index >= 15 is 0 Å². The van der Waals surface area contributed by atoms with Gasteiger partial charge in [0.1, 0.15) is 5.65 Å². The molecule has 0 spiro atoms. The van der Waals surface area contributed by atoms with Crippen molar-refractivity contribution >= 4 is 11.0 Å². The van der Waals surface area contributed by atoms with Crippen LogP contribution in [0.5, 0.6) is 0 Å². The van der Waals surface area contributed by atoms with Crippen LogP contribution < -0.4 is 5.73 Å². The van der Waals surface area contributed by atoms with Gasteiger partial charge in [0.05, 0.1) is 5.54 Å². The molecule has 3 N–H and O–H groups in total. The van der Waals surface area contributed by atoms with Crippen molar-refractivity contribution in [2.75, 3.05) is 0 Å². The summed E-state index contributed by atoms with van der Waals surface area (Å²) in [4.78, 5) is 7.03. The Morgan fingerprint density at radius 1 is 1.56 bits per heavy atom. The molecule has 1 atom stereocenters. The van der Waals surface area contributed by atoms with Crippen molar-refractivity contribution in [1.82, 2.24) is 9.97 Å². The SMILES string of the molecule is CC(N)(Cc1c[nH]c2ncccc12)C(F)F. The van der Waals surface area contributed by atoms with E-state index in [2.05, 4.69) is 9.97 Å². The van der Waals surface area contributed by atoms with Crippen molar-refractivity contribution in [3.8, 4) is 0 Å². The van der Waals surface area contributed by atoms with Crippen LogP contribution in [0.15, 0.2) is 24.5 Å². The number of nitrogens with one attached hydrogen (secondary N) is 1. The van der Waals surface area contributed by atoms with Gasteiger partial charge in [-0.25, -0.2) is 13.8 Å². The molecule has 2 aromatic rings. The highest BCUT2D eigenvalue weighted by atomic mass is 19.3. The molecule has 0 bridgehead atoms. The van der Waals surface area contributed by atoms with E-state index in [1.54, 1.807) is 18.5 Å². The minimum absolute atomic E-state index is 0.121. The standard InChI is InChI=1S/C11H13F2N3/c1-11(14,10(12)13)5-7-6-16-9-8(7)3-2-4-15-9/h2-4,6,10H,5,14H2,1H3,(H,15,16). The average molecular weight is 225 g/mol. The van der Waals surface area contributed by atoms with E-state index in [9.17, 15) is 8.78 Å². The Bertz CT molecular complexity index is 491. The molecule has 0 amide bonds. The molecule has 0 aromatic carbocycles. The highest BCUT2D eigenvalue weighted by molar-refractivity contribution is 5.79. The summed E-state index contributed by atoms with van der Waals surface area (Å²) < 4.78 is 25.3. The number of aromatic amines is 1. The monoisotopic (exact) mass is 225 g/mol. The van der Waals surface area contributed by atoms with Crippen molar-refractivity contribution in [2.45, 2.75) is 25.3 Å². The van der Waals surface area contributed by atoms with Crippen LogP contribution in [0.2, 0.25) is 0 Å². The maximum atomic E-state index is 12.7. The van der Waals surface area contributed by atoms with Crippen molar-refractivity contribution in [3.05, 3.63) is 30.1 Å². The highest BCUT2D eigenvalue weighted by Crippen LogP contribution is 2.23. The van der Waals surface area contributed by atoms with Gasteiger partial charge in [0.2, 0.25) is 0 Å². The number of aromatic nitrogens is 2. The van der Waals surface area contributed by atoms with Crippen LogP contribution in [0.25, 0.3) is 11.0 Å². The quantitative estimate of drug-likeness (QED) is 0.840. The molecule has 0 aliphatic carbocycles. The molecule has 2 heterocycles. The Kier molecular flexibility index (Phi) is 2.63. The Morgan fingerprint density at radius 3 is 3.00 bits per heavy atom. The van der Waals surface area contributed by atoms with Gasteiger partial charge in [-0.2, -0.15) is 0 Å². The lowest BCUT2D eigenvalue weighted by Gasteiger charge is -2.22. The Labute approximate surface area is 91.7 Å². The van der Waals surface area contributed by atoms with Crippen LogP contribution in [-0.4, -0.2) is 21.9 Å². The minimum Gasteiger partial charge on any atom is -0.346 e. The molecule has 2 aromatic heterocycles. The van der Waals surface area contributed by atoms with E-state index in [0.717, 1.165) is 10.9 Å². The van der Waals surface area contributed by atoms with E-state index in [4.69, 9.17) is 5.73 Å². The number of fused-ring (bicyclic) bond motifs is 1. The van der Waals surface area contributed by atoms with Crippen LogP contribution >= 0.6 is 0 Å². The number of rotatable bonds is 3. The zero-order valence-electron chi connectivity index (χ0n) is 8.87. The summed E-state index contributed by atoms with van der Waals surface area (Å²) in [5, 5.41) is 0.847. The molecule has 3 nitrogen and oxygen atoms in total. The average Bonchev–Trinajstić information content (AvgIpc) is 2.61. The number of alkyl halides is 2. The van der Waals surface area contributed by atoms with Gasteiger partial charge in [0.25, 0.3) is 6.43 Å². The Balaban J connectivity index is 2.35. The van der Waals surface area contributed by atoms with Crippen LogP contribution in [0.1, 0.15) is 12.5 Å².